The highest BCUT2D eigenvalue weighted by atomic mass is 19.1. The van der Waals surface area contributed by atoms with Crippen LogP contribution < -0.4 is 0 Å². The first-order valence-electron chi connectivity index (χ1n) is 4.99. The summed E-state index contributed by atoms with van der Waals surface area (Å²) >= 11 is 0. The first kappa shape index (κ1) is 10.8. The molecule has 0 aliphatic heterocycles. The molecule has 84 valence electrons. The summed E-state index contributed by atoms with van der Waals surface area (Å²) in [5, 5.41) is 13.1. The van der Waals surface area contributed by atoms with Gasteiger partial charge in [0, 0.05) is 11.6 Å². The van der Waals surface area contributed by atoms with E-state index in [1.54, 1.807) is 32.0 Å². The Bertz CT molecular complexity index is 505. The van der Waals surface area contributed by atoms with Gasteiger partial charge in [-0.25, -0.2) is 4.39 Å². The monoisotopic (exact) mass is 221 g/mol. The molecule has 0 aliphatic rings. The second-order valence-electron chi connectivity index (χ2n) is 3.75. The third kappa shape index (κ3) is 1.97. The zero-order valence-electron chi connectivity index (χ0n) is 9.07. The maximum Gasteiger partial charge on any atom is 0.165 e. The molecule has 16 heavy (non-hydrogen) atoms. The van der Waals surface area contributed by atoms with Crippen LogP contribution in [0.3, 0.4) is 0 Å². The number of nitrogens with zero attached hydrogens (tertiary/aromatic N) is 1. The Balaban J connectivity index is 2.39. The first-order chi connectivity index (χ1) is 7.58. The molecule has 0 saturated heterocycles. The van der Waals surface area contributed by atoms with Crippen molar-refractivity contribution in [3.8, 4) is 11.3 Å². The number of aromatic nitrogens is 1. The molecule has 4 heteroatoms. The van der Waals surface area contributed by atoms with Crippen LogP contribution in [0.1, 0.15) is 24.4 Å². The molecule has 2 aromatic rings. The van der Waals surface area contributed by atoms with Gasteiger partial charge in [0.25, 0.3) is 0 Å². The van der Waals surface area contributed by atoms with E-state index in [9.17, 15) is 9.50 Å². The highest BCUT2D eigenvalue weighted by Gasteiger charge is 2.11. The number of halogens is 1. The average molecular weight is 221 g/mol. The standard InChI is InChI=1S/C12H12FNO2/c1-7-3-4-9(5-10(7)13)11-6-12(8(2)15)16-14-11/h3-6,8,15H,1-2H3. The Morgan fingerprint density at radius 3 is 2.69 bits per heavy atom. The second-order valence-corrected chi connectivity index (χ2v) is 3.75. The number of aliphatic hydroxyl groups is 1. The number of hydrogen-bond acceptors (Lipinski definition) is 3. The Morgan fingerprint density at radius 1 is 1.38 bits per heavy atom. The topological polar surface area (TPSA) is 46.3 Å². The van der Waals surface area contributed by atoms with Gasteiger partial charge in [0.05, 0.1) is 0 Å². The van der Waals surface area contributed by atoms with E-state index in [0.29, 0.717) is 22.6 Å². The maximum absolute atomic E-state index is 13.3. The van der Waals surface area contributed by atoms with Crippen LogP contribution in [0.4, 0.5) is 4.39 Å². The van der Waals surface area contributed by atoms with Crippen molar-refractivity contribution in [2.45, 2.75) is 20.0 Å². The van der Waals surface area contributed by atoms with Gasteiger partial charge in [0.2, 0.25) is 0 Å². The molecule has 2 rings (SSSR count). The molecule has 1 atom stereocenters. The highest BCUT2D eigenvalue weighted by Crippen LogP contribution is 2.23. The molecule has 1 aromatic carbocycles. The Kier molecular flexibility index (Phi) is 2.75. The fourth-order valence-corrected chi connectivity index (χ4v) is 1.37. The third-order valence-corrected chi connectivity index (χ3v) is 2.41. The molecular formula is C12H12FNO2. The minimum atomic E-state index is -0.712. The van der Waals surface area contributed by atoms with Crippen molar-refractivity contribution in [1.82, 2.24) is 5.16 Å². The van der Waals surface area contributed by atoms with Gasteiger partial charge >= 0.3 is 0 Å². The molecule has 0 fully saturated rings. The van der Waals surface area contributed by atoms with Gasteiger partial charge in [-0.2, -0.15) is 0 Å². The molecule has 0 aliphatic carbocycles. The lowest BCUT2D eigenvalue weighted by atomic mass is 10.1. The van der Waals surface area contributed by atoms with Crippen molar-refractivity contribution in [1.29, 1.82) is 0 Å². The molecule has 0 amide bonds. The summed E-state index contributed by atoms with van der Waals surface area (Å²) in [5.74, 6) is 0.0927. The van der Waals surface area contributed by atoms with Crippen LogP contribution >= 0.6 is 0 Å². The van der Waals surface area contributed by atoms with E-state index in [1.165, 1.54) is 6.07 Å². The van der Waals surface area contributed by atoms with E-state index >= 15 is 0 Å². The van der Waals surface area contributed by atoms with Crippen LogP contribution in [0.15, 0.2) is 28.8 Å². The molecule has 3 nitrogen and oxygen atoms in total. The molecule has 0 bridgehead atoms. The zero-order chi connectivity index (χ0) is 11.7. The molecule has 1 aromatic heterocycles. The maximum atomic E-state index is 13.3. The van der Waals surface area contributed by atoms with Gasteiger partial charge in [-0.1, -0.05) is 17.3 Å². The molecule has 1 heterocycles. The van der Waals surface area contributed by atoms with Gasteiger partial charge < -0.3 is 9.63 Å². The molecule has 0 saturated carbocycles. The molecule has 1 N–H and O–H groups in total. The number of aryl methyl sites for hydroxylation is 1. The summed E-state index contributed by atoms with van der Waals surface area (Å²) < 4.78 is 18.3. The van der Waals surface area contributed by atoms with E-state index in [2.05, 4.69) is 5.16 Å². The van der Waals surface area contributed by atoms with Crippen molar-refractivity contribution in [3.05, 3.63) is 41.4 Å². The fraction of sp³-hybridized carbons (Fsp3) is 0.250. The van der Waals surface area contributed by atoms with Crippen LogP contribution in [0, 0.1) is 12.7 Å². The van der Waals surface area contributed by atoms with Crippen molar-refractivity contribution >= 4 is 0 Å². The predicted molar refractivity (Wildman–Crippen MR) is 57.3 cm³/mol. The van der Waals surface area contributed by atoms with Gasteiger partial charge in [0.15, 0.2) is 5.76 Å². The van der Waals surface area contributed by atoms with E-state index < -0.39 is 6.10 Å². The lowest BCUT2D eigenvalue weighted by Crippen LogP contribution is -1.86. The molecule has 1 unspecified atom stereocenters. The van der Waals surface area contributed by atoms with Gasteiger partial charge in [-0.3, -0.25) is 0 Å². The van der Waals surface area contributed by atoms with E-state index in [-0.39, 0.29) is 5.82 Å². The summed E-state index contributed by atoms with van der Waals surface area (Å²) in [5.41, 5.74) is 1.75. The van der Waals surface area contributed by atoms with Crippen LogP contribution in [0.2, 0.25) is 0 Å². The second kappa shape index (κ2) is 4.06. The predicted octanol–water partition coefficient (Wildman–Crippen LogP) is 2.84. The van der Waals surface area contributed by atoms with Crippen molar-refractivity contribution in [2.75, 3.05) is 0 Å². The van der Waals surface area contributed by atoms with Gasteiger partial charge in [0.1, 0.15) is 17.6 Å². The Morgan fingerprint density at radius 2 is 2.12 bits per heavy atom. The normalized spacial score (nSPS) is 12.8. The van der Waals surface area contributed by atoms with Crippen molar-refractivity contribution in [2.24, 2.45) is 0 Å². The lowest BCUT2D eigenvalue weighted by molar-refractivity contribution is 0.158. The number of aliphatic hydroxyl groups excluding tert-OH is 1. The summed E-state index contributed by atoms with van der Waals surface area (Å²) in [4.78, 5) is 0. The first-order valence-corrected chi connectivity index (χ1v) is 4.99. The third-order valence-electron chi connectivity index (χ3n) is 2.41. The SMILES string of the molecule is Cc1ccc(-c2cc(C(C)O)on2)cc1F. The number of rotatable bonds is 2. The summed E-state index contributed by atoms with van der Waals surface area (Å²) in [7, 11) is 0. The van der Waals surface area contributed by atoms with E-state index in [1.807, 2.05) is 0 Å². The largest absolute Gasteiger partial charge is 0.385 e. The highest BCUT2D eigenvalue weighted by molar-refractivity contribution is 5.59. The van der Waals surface area contributed by atoms with Crippen LogP contribution in [-0.4, -0.2) is 10.3 Å². The fourth-order valence-electron chi connectivity index (χ4n) is 1.37. The molecular weight excluding hydrogens is 209 g/mol. The van der Waals surface area contributed by atoms with Gasteiger partial charge in [-0.05, 0) is 25.5 Å². The lowest BCUT2D eigenvalue weighted by Gasteiger charge is -1.98. The van der Waals surface area contributed by atoms with Gasteiger partial charge in [-0.15, -0.1) is 0 Å². The van der Waals surface area contributed by atoms with E-state index in [4.69, 9.17) is 4.52 Å². The van der Waals surface area contributed by atoms with Crippen molar-refractivity contribution in [3.63, 3.8) is 0 Å². The van der Waals surface area contributed by atoms with Crippen LogP contribution in [-0.2, 0) is 0 Å². The zero-order valence-corrected chi connectivity index (χ0v) is 9.07. The Labute approximate surface area is 92.5 Å². The minimum absolute atomic E-state index is 0.279. The average Bonchev–Trinajstić information content (AvgIpc) is 2.71. The Hall–Kier alpha value is -1.68. The summed E-state index contributed by atoms with van der Waals surface area (Å²) in [6.45, 7) is 3.28. The van der Waals surface area contributed by atoms with Crippen LogP contribution in [0.25, 0.3) is 11.3 Å². The summed E-state index contributed by atoms with van der Waals surface area (Å²) in [6.07, 6.45) is -0.712. The number of benzene rings is 1. The van der Waals surface area contributed by atoms with E-state index in [0.717, 1.165) is 0 Å². The molecule has 0 spiro atoms. The van der Waals surface area contributed by atoms with Crippen molar-refractivity contribution < 1.29 is 14.0 Å². The molecule has 0 radical (unpaired) electrons. The quantitative estimate of drug-likeness (QED) is 0.848. The smallest absolute Gasteiger partial charge is 0.165 e. The van der Waals surface area contributed by atoms with Crippen LogP contribution in [0.5, 0.6) is 0 Å². The summed E-state index contributed by atoms with van der Waals surface area (Å²) in [6, 6.07) is 6.46. The number of hydrogen-bond donors (Lipinski definition) is 1. The minimum Gasteiger partial charge on any atom is -0.385 e.